The van der Waals surface area contributed by atoms with Gasteiger partial charge in [0.25, 0.3) is 0 Å². The summed E-state index contributed by atoms with van der Waals surface area (Å²) in [6.07, 6.45) is 1.18. The second-order valence-electron chi connectivity index (χ2n) is 3.86. The van der Waals surface area contributed by atoms with E-state index in [1.807, 2.05) is 6.07 Å². The molecule has 2 rings (SSSR count). The highest BCUT2D eigenvalue weighted by molar-refractivity contribution is 9.10. The first-order valence-electron chi connectivity index (χ1n) is 5.32. The Morgan fingerprint density at radius 2 is 2.06 bits per heavy atom. The molecule has 0 aliphatic carbocycles. The lowest BCUT2D eigenvalue weighted by atomic mass is 10.2. The molecule has 88 valence electrons. The largest absolute Gasteiger partial charge is 0.370 e. The van der Waals surface area contributed by atoms with Gasteiger partial charge in [0.05, 0.1) is 16.3 Å². The van der Waals surface area contributed by atoms with E-state index in [-0.39, 0.29) is 5.75 Å². The average molecular weight is 304 g/mol. The Labute approximate surface area is 105 Å². The normalized spacial score (nSPS) is 16.0. The van der Waals surface area contributed by atoms with E-state index in [0.717, 1.165) is 23.2 Å². The predicted molar refractivity (Wildman–Crippen MR) is 68.7 cm³/mol. The summed E-state index contributed by atoms with van der Waals surface area (Å²) in [5.41, 5.74) is 0.987. The molecule has 0 unspecified atom stereocenters. The van der Waals surface area contributed by atoms with Gasteiger partial charge in [-0.3, -0.25) is 0 Å². The molecule has 0 radical (unpaired) electrons. The third-order valence-corrected chi connectivity index (χ3v) is 5.26. The van der Waals surface area contributed by atoms with E-state index in [0.29, 0.717) is 4.90 Å². The molecule has 0 spiro atoms. The van der Waals surface area contributed by atoms with Gasteiger partial charge in [0.2, 0.25) is 0 Å². The Balaban J connectivity index is 2.43. The number of hydrogen-bond donors (Lipinski definition) is 0. The molecule has 0 aromatic heterocycles. The maximum absolute atomic E-state index is 11.8. The van der Waals surface area contributed by atoms with Crippen molar-refractivity contribution < 1.29 is 8.42 Å². The number of hydrogen-bond acceptors (Lipinski definition) is 3. The summed E-state index contributed by atoms with van der Waals surface area (Å²) in [5, 5.41) is 0. The molecule has 1 fully saturated rings. The van der Waals surface area contributed by atoms with E-state index in [1.54, 1.807) is 19.1 Å². The van der Waals surface area contributed by atoms with Gasteiger partial charge in [-0.15, -0.1) is 0 Å². The van der Waals surface area contributed by atoms with E-state index >= 15 is 0 Å². The summed E-state index contributed by atoms with van der Waals surface area (Å²) in [5.74, 6) is 0.147. The van der Waals surface area contributed by atoms with Crippen LogP contribution in [0.4, 0.5) is 5.69 Å². The van der Waals surface area contributed by atoms with Crippen LogP contribution in [0.25, 0.3) is 0 Å². The Morgan fingerprint density at radius 3 is 2.56 bits per heavy atom. The Bertz CT molecular complexity index is 495. The zero-order chi connectivity index (χ0) is 11.8. The molecule has 1 aromatic rings. The number of nitrogens with zero attached hydrogens (tertiary/aromatic N) is 1. The van der Waals surface area contributed by atoms with Crippen LogP contribution in [0.5, 0.6) is 0 Å². The van der Waals surface area contributed by atoms with Gasteiger partial charge in [0, 0.05) is 17.6 Å². The van der Waals surface area contributed by atoms with Crippen LogP contribution in [0.1, 0.15) is 13.3 Å². The molecule has 1 saturated heterocycles. The second-order valence-corrected chi connectivity index (χ2v) is 6.99. The van der Waals surface area contributed by atoms with Crippen molar-refractivity contribution in [2.75, 3.05) is 23.7 Å². The van der Waals surface area contributed by atoms with Gasteiger partial charge in [-0.1, -0.05) is 6.92 Å². The number of sulfone groups is 1. The highest BCUT2D eigenvalue weighted by atomic mass is 79.9. The fourth-order valence-corrected chi connectivity index (χ4v) is 3.05. The molecule has 1 heterocycles. The molecule has 0 bridgehead atoms. The Hall–Kier alpha value is -0.550. The summed E-state index contributed by atoms with van der Waals surface area (Å²) >= 11 is 3.46. The van der Waals surface area contributed by atoms with Crippen LogP contribution < -0.4 is 4.90 Å². The minimum Gasteiger partial charge on any atom is -0.370 e. The molecule has 0 N–H and O–H groups in total. The van der Waals surface area contributed by atoms with Gasteiger partial charge >= 0.3 is 0 Å². The average Bonchev–Trinajstić information content (AvgIpc) is 2.18. The first kappa shape index (κ1) is 11.9. The number of halogens is 1. The first-order valence-corrected chi connectivity index (χ1v) is 7.76. The number of rotatable bonds is 3. The minimum atomic E-state index is -3.10. The molecule has 3 nitrogen and oxygen atoms in total. The number of benzene rings is 1. The van der Waals surface area contributed by atoms with Crippen molar-refractivity contribution >= 4 is 31.5 Å². The fourth-order valence-electron chi connectivity index (χ4n) is 1.65. The van der Waals surface area contributed by atoms with Crippen molar-refractivity contribution in [2.45, 2.75) is 18.2 Å². The van der Waals surface area contributed by atoms with Gasteiger partial charge < -0.3 is 4.90 Å². The van der Waals surface area contributed by atoms with Gasteiger partial charge in [0.15, 0.2) is 9.84 Å². The van der Waals surface area contributed by atoms with E-state index in [1.165, 1.54) is 6.42 Å². The van der Waals surface area contributed by atoms with Crippen LogP contribution in [0.3, 0.4) is 0 Å². The zero-order valence-electron chi connectivity index (χ0n) is 9.11. The van der Waals surface area contributed by atoms with E-state index in [9.17, 15) is 8.42 Å². The molecule has 16 heavy (non-hydrogen) atoms. The van der Waals surface area contributed by atoms with Gasteiger partial charge in [-0.25, -0.2) is 8.42 Å². The molecular formula is C11H14BrNO2S. The quantitative estimate of drug-likeness (QED) is 0.861. The lowest BCUT2D eigenvalue weighted by Gasteiger charge is -2.34. The smallest absolute Gasteiger partial charge is 0.178 e. The third kappa shape index (κ3) is 2.11. The Kier molecular flexibility index (Phi) is 3.26. The van der Waals surface area contributed by atoms with Crippen molar-refractivity contribution in [3.05, 3.63) is 22.7 Å². The molecule has 5 heteroatoms. The summed E-state index contributed by atoms with van der Waals surface area (Å²) in [4.78, 5) is 2.60. The van der Waals surface area contributed by atoms with Crippen LogP contribution in [0, 0.1) is 0 Å². The highest BCUT2D eigenvalue weighted by Gasteiger charge is 2.20. The summed E-state index contributed by atoms with van der Waals surface area (Å²) in [6.45, 7) is 3.68. The maximum Gasteiger partial charge on any atom is 0.178 e. The van der Waals surface area contributed by atoms with Crippen molar-refractivity contribution in [1.82, 2.24) is 0 Å². The minimum absolute atomic E-state index is 0.147. The van der Waals surface area contributed by atoms with Crippen LogP contribution in [-0.4, -0.2) is 27.3 Å². The van der Waals surface area contributed by atoms with E-state index in [4.69, 9.17) is 0 Å². The second kappa shape index (κ2) is 4.37. The van der Waals surface area contributed by atoms with Gasteiger partial charge in [-0.05, 0) is 40.5 Å². The van der Waals surface area contributed by atoms with Crippen molar-refractivity contribution in [1.29, 1.82) is 0 Å². The molecule has 1 aliphatic heterocycles. The summed E-state index contributed by atoms with van der Waals surface area (Å²) in [6, 6.07) is 5.24. The SMILES string of the molecule is CCS(=O)(=O)c1ccc(Br)c(N2CCC2)c1. The monoisotopic (exact) mass is 303 g/mol. The highest BCUT2D eigenvalue weighted by Crippen LogP contribution is 2.32. The lowest BCUT2D eigenvalue weighted by Crippen LogP contribution is -2.37. The molecule has 0 atom stereocenters. The zero-order valence-corrected chi connectivity index (χ0v) is 11.5. The van der Waals surface area contributed by atoms with E-state index in [2.05, 4.69) is 20.8 Å². The van der Waals surface area contributed by atoms with Gasteiger partial charge in [-0.2, -0.15) is 0 Å². The van der Waals surface area contributed by atoms with Crippen LogP contribution >= 0.6 is 15.9 Å². The van der Waals surface area contributed by atoms with Crippen LogP contribution in [0.2, 0.25) is 0 Å². The maximum atomic E-state index is 11.8. The van der Waals surface area contributed by atoms with Crippen molar-refractivity contribution in [3.63, 3.8) is 0 Å². The van der Waals surface area contributed by atoms with Crippen molar-refractivity contribution in [3.8, 4) is 0 Å². The summed E-state index contributed by atoms with van der Waals surface area (Å²) in [7, 11) is -3.10. The topological polar surface area (TPSA) is 37.4 Å². The fraction of sp³-hybridized carbons (Fsp3) is 0.455. The van der Waals surface area contributed by atoms with Crippen LogP contribution in [0.15, 0.2) is 27.6 Å². The first-order chi connectivity index (χ1) is 7.54. The van der Waals surface area contributed by atoms with Crippen LogP contribution in [-0.2, 0) is 9.84 Å². The molecule has 0 saturated carbocycles. The number of anilines is 1. The third-order valence-electron chi connectivity index (χ3n) is 2.85. The standard InChI is InChI=1S/C11H14BrNO2S/c1-2-16(14,15)9-4-5-10(12)11(8-9)13-6-3-7-13/h4-5,8H,2-3,6-7H2,1H3. The predicted octanol–water partition coefficient (Wildman–Crippen LogP) is 2.45. The Morgan fingerprint density at radius 1 is 1.38 bits per heavy atom. The molecular weight excluding hydrogens is 290 g/mol. The molecule has 1 aromatic carbocycles. The van der Waals surface area contributed by atoms with E-state index < -0.39 is 9.84 Å². The molecule has 0 amide bonds. The summed E-state index contributed by atoms with van der Waals surface area (Å²) < 4.78 is 24.5. The lowest BCUT2D eigenvalue weighted by molar-refractivity contribution is 0.596. The van der Waals surface area contributed by atoms with Gasteiger partial charge in [0.1, 0.15) is 0 Å². The van der Waals surface area contributed by atoms with Crippen molar-refractivity contribution in [2.24, 2.45) is 0 Å². The molecule has 1 aliphatic rings.